The number of halogens is 5. The third-order valence-corrected chi connectivity index (χ3v) is 3.87. The summed E-state index contributed by atoms with van der Waals surface area (Å²) >= 11 is 0. The SMILES string of the molecule is COc1ccc(C(=O)Oc2ccc3c(F)c(OCC(F)(F)F)c(F)cc3c2)cc1. The summed E-state index contributed by atoms with van der Waals surface area (Å²) in [5.74, 6) is -3.88. The number of benzene rings is 3. The number of hydrogen-bond acceptors (Lipinski definition) is 4. The average molecular weight is 412 g/mol. The molecule has 29 heavy (non-hydrogen) atoms. The van der Waals surface area contributed by atoms with Crippen molar-refractivity contribution in [2.45, 2.75) is 6.18 Å². The Bertz CT molecular complexity index is 1050. The van der Waals surface area contributed by atoms with Crippen LogP contribution in [-0.4, -0.2) is 25.9 Å². The summed E-state index contributed by atoms with van der Waals surface area (Å²) in [6, 6.07) is 10.5. The molecule has 0 radical (unpaired) electrons. The molecular weight excluding hydrogens is 399 g/mol. The molecule has 0 aliphatic heterocycles. The molecular formula is C20H13F5O4. The lowest BCUT2D eigenvalue weighted by Crippen LogP contribution is -2.20. The second-order valence-electron chi connectivity index (χ2n) is 5.91. The maximum atomic E-state index is 14.4. The second-order valence-corrected chi connectivity index (χ2v) is 5.91. The van der Waals surface area contributed by atoms with Crippen LogP contribution in [0.2, 0.25) is 0 Å². The minimum atomic E-state index is -4.74. The van der Waals surface area contributed by atoms with Gasteiger partial charge in [-0.25, -0.2) is 13.6 Å². The molecule has 0 fully saturated rings. The van der Waals surface area contributed by atoms with E-state index < -0.39 is 36.1 Å². The maximum Gasteiger partial charge on any atom is 0.422 e. The van der Waals surface area contributed by atoms with Gasteiger partial charge in [0.25, 0.3) is 0 Å². The molecule has 3 rings (SSSR count). The number of hydrogen-bond donors (Lipinski definition) is 0. The first-order chi connectivity index (χ1) is 13.7. The molecule has 0 atom stereocenters. The van der Waals surface area contributed by atoms with E-state index in [1.807, 2.05) is 0 Å². The van der Waals surface area contributed by atoms with E-state index in [4.69, 9.17) is 9.47 Å². The van der Waals surface area contributed by atoms with E-state index in [-0.39, 0.29) is 22.1 Å². The number of methoxy groups -OCH3 is 1. The van der Waals surface area contributed by atoms with Crippen molar-refractivity contribution in [3.8, 4) is 17.2 Å². The van der Waals surface area contributed by atoms with Crippen LogP contribution < -0.4 is 14.2 Å². The largest absolute Gasteiger partial charge is 0.497 e. The Balaban J connectivity index is 1.85. The summed E-state index contributed by atoms with van der Waals surface area (Å²) in [7, 11) is 1.47. The first-order valence-electron chi connectivity index (χ1n) is 8.15. The first kappa shape index (κ1) is 20.4. The molecule has 0 spiro atoms. The second kappa shape index (κ2) is 7.94. The fourth-order valence-corrected chi connectivity index (χ4v) is 2.53. The van der Waals surface area contributed by atoms with E-state index >= 15 is 0 Å². The number of esters is 1. The monoisotopic (exact) mass is 412 g/mol. The van der Waals surface area contributed by atoms with Crippen LogP contribution in [0.4, 0.5) is 22.0 Å². The van der Waals surface area contributed by atoms with E-state index in [0.29, 0.717) is 5.75 Å². The van der Waals surface area contributed by atoms with Gasteiger partial charge in [-0.15, -0.1) is 0 Å². The van der Waals surface area contributed by atoms with Crippen LogP contribution in [0.5, 0.6) is 17.2 Å². The van der Waals surface area contributed by atoms with Crippen molar-refractivity contribution < 1.29 is 41.0 Å². The first-order valence-corrected chi connectivity index (χ1v) is 8.15. The van der Waals surface area contributed by atoms with E-state index in [9.17, 15) is 26.7 Å². The molecule has 0 amide bonds. The van der Waals surface area contributed by atoms with Crippen LogP contribution in [-0.2, 0) is 0 Å². The number of rotatable bonds is 5. The van der Waals surface area contributed by atoms with Gasteiger partial charge in [-0.1, -0.05) is 0 Å². The third-order valence-electron chi connectivity index (χ3n) is 3.87. The minimum Gasteiger partial charge on any atom is -0.497 e. The Morgan fingerprint density at radius 2 is 1.62 bits per heavy atom. The van der Waals surface area contributed by atoms with Gasteiger partial charge < -0.3 is 14.2 Å². The smallest absolute Gasteiger partial charge is 0.422 e. The summed E-state index contributed by atoms with van der Waals surface area (Å²) in [4.78, 5) is 12.2. The molecule has 0 aliphatic rings. The van der Waals surface area contributed by atoms with Gasteiger partial charge in [0.1, 0.15) is 11.5 Å². The molecule has 0 bridgehead atoms. The summed E-state index contributed by atoms with van der Waals surface area (Å²) in [6.45, 7) is -1.83. The van der Waals surface area contributed by atoms with Crippen molar-refractivity contribution in [2.24, 2.45) is 0 Å². The highest BCUT2D eigenvalue weighted by Crippen LogP contribution is 2.33. The number of fused-ring (bicyclic) bond motifs is 1. The lowest BCUT2D eigenvalue weighted by molar-refractivity contribution is -0.154. The third kappa shape index (κ3) is 4.74. The zero-order valence-electron chi connectivity index (χ0n) is 14.8. The van der Waals surface area contributed by atoms with Crippen molar-refractivity contribution in [2.75, 3.05) is 13.7 Å². The summed E-state index contributed by atoms with van der Waals surface area (Å²) in [5.41, 5.74) is 0.221. The molecule has 0 heterocycles. The standard InChI is InChI=1S/C20H13F5O4/c1-27-13-4-2-11(3-5-13)19(26)29-14-6-7-15-12(8-14)9-16(21)18(17(15)22)28-10-20(23,24)25/h2-9H,10H2,1H3. The van der Waals surface area contributed by atoms with E-state index in [0.717, 1.165) is 12.1 Å². The number of carbonyl (C=O) groups excluding carboxylic acids is 1. The predicted molar refractivity (Wildman–Crippen MR) is 93.4 cm³/mol. The zero-order valence-corrected chi connectivity index (χ0v) is 14.8. The normalized spacial score (nSPS) is 11.4. The number of alkyl halides is 3. The molecule has 0 saturated heterocycles. The maximum absolute atomic E-state index is 14.4. The van der Waals surface area contributed by atoms with Crippen LogP contribution in [0.3, 0.4) is 0 Å². The number of ether oxygens (including phenoxy) is 3. The highest BCUT2D eigenvalue weighted by atomic mass is 19.4. The van der Waals surface area contributed by atoms with E-state index in [1.54, 1.807) is 12.1 Å². The van der Waals surface area contributed by atoms with Crippen LogP contribution in [0, 0.1) is 11.6 Å². The van der Waals surface area contributed by atoms with Crippen molar-refractivity contribution >= 4 is 16.7 Å². The van der Waals surface area contributed by atoms with Gasteiger partial charge in [-0.3, -0.25) is 0 Å². The van der Waals surface area contributed by atoms with Gasteiger partial charge in [0, 0.05) is 5.39 Å². The molecule has 3 aromatic rings. The van der Waals surface area contributed by atoms with Crippen molar-refractivity contribution in [1.29, 1.82) is 0 Å². The van der Waals surface area contributed by atoms with Crippen LogP contribution in [0.1, 0.15) is 10.4 Å². The Hall–Kier alpha value is -3.36. The van der Waals surface area contributed by atoms with Crippen molar-refractivity contribution in [3.63, 3.8) is 0 Å². The molecule has 0 aliphatic carbocycles. The topological polar surface area (TPSA) is 44.8 Å². The van der Waals surface area contributed by atoms with Crippen LogP contribution in [0.15, 0.2) is 48.5 Å². The molecule has 0 N–H and O–H groups in total. The van der Waals surface area contributed by atoms with Crippen molar-refractivity contribution in [3.05, 3.63) is 65.7 Å². The van der Waals surface area contributed by atoms with Gasteiger partial charge >= 0.3 is 12.1 Å². The Labute approximate surface area is 161 Å². The highest BCUT2D eigenvalue weighted by molar-refractivity contribution is 5.92. The van der Waals surface area contributed by atoms with E-state index in [2.05, 4.69) is 4.74 Å². The molecule has 152 valence electrons. The predicted octanol–water partition coefficient (Wildman–Crippen LogP) is 5.29. The molecule has 9 heteroatoms. The van der Waals surface area contributed by atoms with E-state index in [1.165, 1.54) is 31.4 Å². The van der Waals surface area contributed by atoms with Crippen LogP contribution in [0.25, 0.3) is 10.8 Å². The van der Waals surface area contributed by atoms with Gasteiger partial charge in [-0.05, 0) is 53.9 Å². The Morgan fingerprint density at radius 1 is 0.966 bits per heavy atom. The van der Waals surface area contributed by atoms with Gasteiger partial charge in [0.05, 0.1) is 12.7 Å². The molecule has 0 unspecified atom stereocenters. The summed E-state index contributed by atoms with van der Waals surface area (Å²) in [6.07, 6.45) is -4.74. The van der Waals surface area contributed by atoms with Crippen molar-refractivity contribution in [1.82, 2.24) is 0 Å². The minimum absolute atomic E-state index is 0.000998. The zero-order chi connectivity index (χ0) is 21.2. The quantitative estimate of drug-likeness (QED) is 0.325. The molecule has 0 aromatic heterocycles. The lowest BCUT2D eigenvalue weighted by Gasteiger charge is -2.13. The Kier molecular flexibility index (Phi) is 5.58. The summed E-state index contributed by atoms with van der Waals surface area (Å²) in [5, 5.41) is -0.202. The van der Waals surface area contributed by atoms with Gasteiger partial charge in [-0.2, -0.15) is 13.2 Å². The van der Waals surface area contributed by atoms with Crippen LogP contribution >= 0.6 is 0 Å². The fraction of sp³-hybridized carbons (Fsp3) is 0.150. The molecule has 4 nitrogen and oxygen atoms in total. The molecule has 3 aromatic carbocycles. The lowest BCUT2D eigenvalue weighted by atomic mass is 10.1. The summed E-state index contributed by atoms with van der Waals surface area (Å²) < 4.78 is 79.6. The highest BCUT2D eigenvalue weighted by Gasteiger charge is 2.30. The average Bonchev–Trinajstić information content (AvgIpc) is 2.66. The molecule has 0 saturated carbocycles. The van der Waals surface area contributed by atoms with Gasteiger partial charge in [0.2, 0.25) is 0 Å². The Morgan fingerprint density at radius 3 is 2.24 bits per heavy atom. The fourth-order valence-electron chi connectivity index (χ4n) is 2.53. The van der Waals surface area contributed by atoms with Gasteiger partial charge in [0.15, 0.2) is 24.0 Å². The number of carbonyl (C=O) groups is 1.